The van der Waals surface area contributed by atoms with Crippen molar-refractivity contribution in [1.82, 2.24) is 5.32 Å². The first kappa shape index (κ1) is 13.9. The lowest BCUT2D eigenvalue weighted by atomic mass is 10.3. The molecule has 0 saturated carbocycles. The molecule has 0 aliphatic rings. The summed E-state index contributed by atoms with van der Waals surface area (Å²) < 4.78 is 10.7. The van der Waals surface area contributed by atoms with Crippen molar-refractivity contribution < 1.29 is 9.47 Å². The molecule has 0 aliphatic heterocycles. The van der Waals surface area contributed by atoms with E-state index in [0.717, 1.165) is 24.6 Å². The fraction of sp³-hybridized carbons (Fsp3) is 0.333. The molecule has 102 valence electrons. The van der Waals surface area contributed by atoms with E-state index in [-0.39, 0.29) is 0 Å². The van der Waals surface area contributed by atoms with E-state index >= 15 is 0 Å². The molecular formula is C15H19NO2S. The highest BCUT2D eigenvalue weighted by molar-refractivity contribution is 7.11. The van der Waals surface area contributed by atoms with E-state index in [2.05, 4.69) is 24.4 Å². The predicted molar refractivity (Wildman–Crippen MR) is 79.3 cm³/mol. The summed E-state index contributed by atoms with van der Waals surface area (Å²) in [5.74, 6) is 1.72. The van der Waals surface area contributed by atoms with Gasteiger partial charge in [-0.15, -0.1) is 11.3 Å². The number of benzene rings is 1. The van der Waals surface area contributed by atoms with Crippen molar-refractivity contribution in [3.05, 3.63) is 46.2 Å². The van der Waals surface area contributed by atoms with E-state index in [1.165, 1.54) is 9.75 Å². The molecule has 1 N–H and O–H groups in total. The van der Waals surface area contributed by atoms with Crippen molar-refractivity contribution in [3.8, 4) is 11.5 Å². The maximum Gasteiger partial charge on any atom is 0.119 e. The Kier molecular flexibility index (Phi) is 5.24. The molecule has 0 radical (unpaired) electrons. The molecule has 0 amide bonds. The van der Waals surface area contributed by atoms with Crippen LogP contribution in [0, 0.1) is 6.92 Å². The van der Waals surface area contributed by atoms with Gasteiger partial charge in [0.1, 0.15) is 18.1 Å². The number of aryl methyl sites for hydroxylation is 1. The van der Waals surface area contributed by atoms with E-state index in [4.69, 9.17) is 9.47 Å². The van der Waals surface area contributed by atoms with Gasteiger partial charge in [-0.2, -0.15) is 0 Å². The highest BCUT2D eigenvalue weighted by atomic mass is 32.1. The first-order chi connectivity index (χ1) is 9.28. The van der Waals surface area contributed by atoms with Crippen LogP contribution in [0.1, 0.15) is 9.75 Å². The zero-order valence-electron chi connectivity index (χ0n) is 11.3. The molecule has 19 heavy (non-hydrogen) atoms. The van der Waals surface area contributed by atoms with Crippen LogP contribution in [-0.4, -0.2) is 20.3 Å². The molecule has 0 aliphatic carbocycles. The van der Waals surface area contributed by atoms with Crippen LogP contribution >= 0.6 is 11.3 Å². The van der Waals surface area contributed by atoms with E-state index in [9.17, 15) is 0 Å². The van der Waals surface area contributed by atoms with Gasteiger partial charge in [0.25, 0.3) is 0 Å². The Bertz CT molecular complexity index is 493. The fourth-order valence-corrected chi connectivity index (χ4v) is 2.56. The van der Waals surface area contributed by atoms with Gasteiger partial charge in [-0.3, -0.25) is 0 Å². The smallest absolute Gasteiger partial charge is 0.119 e. The number of nitrogens with one attached hydrogen (secondary N) is 1. The number of hydrogen-bond donors (Lipinski definition) is 1. The Hall–Kier alpha value is -1.52. The SMILES string of the molecule is COc1ccc(OCCNCc2ccc(C)s2)cc1. The number of ether oxygens (including phenoxy) is 2. The minimum Gasteiger partial charge on any atom is -0.497 e. The molecule has 1 heterocycles. The minimum atomic E-state index is 0.663. The van der Waals surface area contributed by atoms with E-state index < -0.39 is 0 Å². The molecule has 0 atom stereocenters. The van der Waals surface area contributed by atoms with Gasteiger partial charge in [0, 0.05) is 22.8 Å². The van der Waals surface area contributed by atoms with Crippen LogP contribution < -0.4 is 14.8 Å². The van der Waals surface area contributed by atoms with Gasteiger partial charge < -0.3 is 14.8 Å². The summed E-state index contributed by atoms with van der Waals surface area (Å²) in [5.41, 5.74) is 0. The summed E-state index contributed by atoms with van der Waals surface area (Å²) >= 11 is 1.83. The molecule has 0 spiro atoms. The highest BCUT2D eigenvalue weighted by Gasteiger charge is 1.97. The largest absolute Gasteiger partial charge is 0.497 e. The molecule has 2 rings (SSSR count). The second-order valence-corrected chi connectivity index (χ2v) is 5.59. The van der Waals surface area contributed by atoms with Crippen LogP contribution in [0.5, 0.6) is 11.5 Å². The Balaban J connectivity index is 1.63. The lowest BCUT2D eigenvalue weighted by Crippen LogP contribution is -2.20. The second kappa shape index (κ2) is 7.16. The minimum absolute atomic E-state index is 0.663. The van der Waals surface area contributed by atoms with Gasteiger partial charge in [-0.05, 0) is 43.3 Å². The number of thiophene rings is 1. The number of methoxy groups -OCH3 is 1. The Labute approximate surface area is 118 Å². The van der Waals surface area contributed by atoms with Gasteiger partial charge in [-0.25, -0.2) is 0 Å². The van der Waals surface area contributed by atoms with Crippen molar-refractivity contribution in [2.24, 2.45) is 0 Å². The predicted octanol–water partition coefficient (Wildman–Crippen LogP) is 3.23. The van der Waals surface area contributed by atoms with Crippen LogP contribution in [0.4, 0.5) is 0 Å². The van der Waals surface area contributed by atoms with Crippen molar-refractivity contribution in [1.29, 1.82) is 0 Å². The first-order valence-electron chi connectivity index (χ1n) is 6.31. The molecule has 0 fully saturated rings. The molecule has 1 aromatic carbocycles. The summed E-state index contributed by atoms with van der Waals surface area (Å²) in [6.45, 7) is 4.53. The molecule has 1 aromatic heterocycles. The number of rotatable bonds is 7. The van der Waals surface area contributed by atoms with Crippen LogP contribution in [0.15, 0.2) is 36.4 Å². The Morgan fingerprint density at radius 2 is 1.79 bits per heavy atom. The molecule has 4 heteroatoms. The van der Waals surface area contributed by atoms with E-state index in [1.54, 1.807) is 7.11 Å². The lowest BCUT2D eigenvalue weighted by molar-refractivity contribution is 0.313. The topological polar surface area (TPSA) is 30.5 Å². The van der Waals surface area contributed by atoms with E-state index in [1.807, 2.05) is 35.6 Å². The maximum absolute atomic E-state index is 5.63. The molecule has 2 aromatic rings. The third kappa shape index (κ3) is 4.58. The van der Waals surface area contributed by atoms with Gasteiger partial charge >= 0.3 is 0 Å². The summed E-state index contributed by atoms with van der Waals surface area (Å²) in [7, 11) is 1.66. The van der Waals surface area contributed by atoms with Gasteiger partial charge in [0.2, 0.25) is 0 Å². The molecular weight excluding hydrogens is 258 g/mol. The summed E-state index contributed by atoms with van der Waals surface area (Å²) in [6.07, 6.45) is 0. The van der Waals surface area contributed by atoms with Gasteiger partial charge in [-0.1, -0.05) is 0 Å². The average Bonchev–Trinajstić information content (AvgIpc) is 2.85. The average molecular weight is 277 g/mol. The van der Waals surface area contributed by atoms with Crippen molar-refractivity contribution >= 4 is 11.3 Å². The molecule has 3 nitrogen and oxygen atoms in total. The fourth-order valence-electron chi connectivity index (χ4n) is 1.70. The van der Waals surface area contributed by atoms with Gasteiger partial charge in [0.05, 0.1) is 7.11 Å². The zero-order chi connectivity index (χ0) is 13.5. The third-order valence-electron chi connectivity index (χ3n) is 2.70. The zero-order valence-corrected chi connectivity index (χ0v) is 12.1. The molecule has 0 unspecified atom stereocenters. The van der Waals surface area contributed by atoms with E-state index in [0.29, 0.717) is 6.61 Å². The first-order valence-corrected chi connectivity index (χ1v) is 7.12. The monoisotopic (exact) mass is 277 g/mol. The summed E-state index contributed by atoms with van der Waals surface area (Å²) in [5, 5.41) is 3.37. The number of hydrogen-bond acceptors (Lipinski definition) is 4. The Morgan fingerprint density at radius 1 is 1.05 bits per heavy atom. The van der Waals surface area contributed by atoms with Gasteiger partial charge in [0.15, 0.2) is 0 Å². The maximum atomic E-state index is 5.63. The quantitative estimate of drug-likeness (QED) is 0.788. The van der Waals surface area contributed by atoms with Crippen LogP contribution in [0.3, 0.4) is 0 Å². The summed E-state index contributed by atoms with van der Waals surface area (Å²) in [4.78, 5) is 2.72. The van der Waals surface area contributed by atoms with Crippen molar-refractivity contribution in [3.63, 3.8) is 0 Å². The van der Waals surface area contributed by atoms with Crippen molar-refractivity contribution in [2.45, 2.75) is 13.5 Å². The summed E-state index contributed by atoms with van der Waals surface area (Å²) in [6, 6.07) is 11.9. The van der Waals surface area contributed by atoms with Crippen LogP contribution in [-0.2, 0) is 6.54 Å². The van der Waals surface area contributed by atoms with Crippen molar-refractivity contribution in [2.75, 3.05) is 20.3 Å². The second-order valence-electron chi connectivity index (χ2n) is 4.21. The van der Waals surface area contributed by atoms with Crippen LogP contribution in [0.2, 0.25) is 0 Å². The third-order valence-corrected chi connectivity index (χ3v) is 3.70. The highest BCUT2D eigenvalue weighted by Crippen LogP contribution is 2.17. The normalized spacial score (nSPS) is 10.4. The van der Waals surface area contributed by atoms with Crippen LogP contribution in [0.25, 0.3) is 0 Å². The molecule has 0 saturated heterocycles. The molecule has 0 bridgehead atoms. The standard InChI is InChI=1S/C15H19NO2S/c1-12-3-8-15(19-12)11-16-9-10-18-14-6-4-13(17-2)5-7-14/h3-8,16H,9-11H2,1-2H3. The Morgan fingerprint density at radius 3 is 2.42 bits per heavy atom. The lowest BCUT2D eigenvalue weighted by Gasteiger charge is -2.07.